The summed E-state index contributed by atoms with van der Waals surface area (Å²) in [6.07, 6.45) is 2.97. The molecule has 0 radical (unpaired) electrons. The number of hydrogen-bond acceptors (Lipinski definition) is 8. The van der Waals surface area contributed by atoms with E-state index in [1.165, 1.54) is 11.8 Å². The predicted molar refractivity (Wildman–Crippen MR) is 149 cm³/mol. The highest BCUT2D eigenvalue weighted by Crippen LogP contribution is 2.30. The number of carbonyl (C=O) groups excluding carboxylic acids is 1. The molecule has 4 heterocycles. The normalized spacial score (nSPS) is 16.0. The quantitative estimate of drug-likeness (QED) is 0.432. The zero-order chi connectivity index (χ0) is 23.5. The fraction of sp³-hybridized carbons (Fsp3) is 0.417. The van der Waals surface area contributed by atoms with Crippen LogP contribution >= 0.6 is 48.2 Å². The van der Waals surface area contributed by atoms with E-state index < -0.39 is 0 Å². The van der Waals surface area contributed by atoms with Gasteiger partial charge in [-0.1, -0.05) is 11.6 Å². The van der Waals surface area contributed by atoms with Crippen molar-refractivity contribution in [1.82, 2.24) is 25.4 Å². The Labute approximate surface area is 232 Å². The van der Waals surface area contributed by atoms with Crippen molar-refractivity contribution < 1.29 is 9.53 Å². The highest BCUT2D eigenvalue weighted by atomic mass is 35.5. The van der Waals surface area contributed by atoms with E-state index in [4.69, 9.17) is 16.3 Å². The number of nitrogens with zero attached hydrogens (tertiary/aromatic N) is 4. The molecule has 1 amide bonds. The first kappa shape index (κ1) is 28.7. The summed E-state index contributed by atoms with van der Waals surface area (Å²) >= 11 is 7.95. The number of rotatable bonds is 7. The molecule has 0 unspecified atom stereocenters. The molecule has 8 nitrogen and oxygen atoms in total. The summed E-state index contributed by atoms with van der Waals surface area (Å²) < 4.78 is 5.38. The van der Waals surface area contributed by atoms with Crippen LogP contribution in [0.2, 0.25) is 5.15 Å². The maximum Gasteiger partial charge on any atom is 0.235 e. The maximum atomic E-state index is 11.6. The number of anilines is 1. The van der Waals surface area contributed by atoms with Crippen LogP contribution in [0.15, 0.2) is 35.2 Å². The predicted octanol–water partition coefficient (Wildman–Crippen LogP) is 4.37. The van der Waals surface area contributed by atoms with Crippen molar-refractivity contribution in [2.75, 3.05) is 37.8 Å². The minimum atomic E-state index is 0. The minimum Gasteiger partial charge on any atom is -0.497 e. The lowest BCUT2D eigenvalue weighted by Gasteiger charge is -2.32. The van der Waals surface area contributed by atoms with Crippen LogP contribution in [0.5, 0.6) is 5.75 Å². The molecule has 0 bridgehead atoms. The number of nitrogens with one attached hydrogen (secondary N) is 2. The van der Waals surface area contributed by atoms with E-state index in [0.29, 0.717) is 29.3 Å². The molecule has 2 aliphatic heterocycles. The van der Waals surface area contributed by atoms with E-state index in [9.17, 15) is 4.79 Å². The number of likely N-dealkylation sites (tertiary alicyclic amines) is 1. The Morgan fingerprint density at radius 1 is 1.19 bits per heavy atom. The summed E-state index contributed by atoms with van der Waals surface area (Å²) in [5.41, 5.74) is 2.80. The van der Waals surface area contributed by atoms with Gasteiger partial charge in [0.05, 0.1) is 29.0 Å². The zero-order valence-corrected chi connectivity index (χ0v) is 23.0. The summed E-state index contributed by atoms with van der Waals surface area (Å²) in [5.74, 6) is 1.95. The molecule has 36 heavy (non-hydrogen) atoms. The Hall–Kier alpha value is -1.88. The SMILES string of the molecule is COc1ccc2nnc(Cl)c(CCN3CCC(NCc4ccc5c(n4)NC(=O)CS5)CC3)c2c1.Cl.Cl. The number of pyridine rings is 1. The van der Waals surface area contributed by atoms with Crippen LogP contribution in [-0.2, 0) is 17.8 Å². The second kappa shape index (κ2) is 13.1. The smallest absolute Gasteiger partial charge is 0.235 e. The fourth-order valence-corrected chi connectivity index (χ4v) is 5.45. The molecule has 12 heteroatoms. The third kappa shape index (κ3) is 6.70. The van der Waals surface area contributed by atoms with Gasteiger partial charge in [0.15, 0.2) is 5.15 Å². The Kier molecular flexibility index (Phi) is 10.4. The Balaban J connectivity index is 0.00000180. The van der Waals surface area contributed by atoms with Crippen molar-refractivity contribution in [1.29, 1.82) is 0 Å². The third-order valence-corrected chi connectivity index (χ3v) is 7.74. The number of benzene rings is 1. The number of carbonyl (C=O) groups is 1. The average molecular weight is 572 g/mol. The molecular weight excluding hydrogens is 543 g/mol. The van der Waals surface area contributed by atoms with Crippen molar-refractivity contribution in [2.45, 2.75) is 36.7 Å². The molecule has 1 aromatic carbocycles. The highest BCUT2D eigenvalue weighted by molar-refractivity contribution is 8.00. The first-order valence-electron chi connectivity index (χ1n) is 11.5. The number of piperidine rings is 1. The van der Waals surface area contributed by atoms with Gasteiger partial charge in [0, 0.05) is 30.1 Å². The summed E-state index contributed by atoms with van der Waals surface area (Å²) in [7, 11) is 1.66. The van der Waals surface area contributed by atoms with Crippen LogP contribution in [0.4, 0.5) is 5.82 Å². The van der Waals surface area contributed by atoms with Crippen LogP contribution in [0, 0.1) is 0 Å². The van der Waals surface area contributed by atoms with Gasteiger partial charge in [0.2, 0.25) is 5.91 Å². The van der Waals surface area contributed by atoms with Crippen molar-refractivity contribution >= 4 is 70.8 Å². The number of ether oxygens (including phenoxy) is 1. The first-order valence-corrected chi connectivity index (χ1v) is 12.8. The van der Waals surface area contributed by atoms with Crippen LogP contribution in [-0.4, -0.2) is 64.5 Å². The van der Waals surface area contributed by atoms with Gasteiger partial charge in [-0.2, -0.15) is 0 Å². The van der Waals surface area contributed by atoms with Gasteiger partial charge in [0.25, 0.3) is 0 Å². The van der Waals surface area contributed by atoms with Crippen molar-refractivity contribution in [2.24, 2.45) is 0 Å². The molecule has 194 valence electrons. The molecule has 3 aromatic rings. The second-order valence-electron chi connectivity index (χ2n) is 8.59. The molecule has 0 spiro atoms. The zero-order valence-electron chi connectivity index (χ0n) is 19.8. The summed E-state index contributed by atoms with van der Waals surface area (Å²) in [6.45, 7) is 3.68. The van der Waals surface area contributed by atoms with Gasteiger partial charge < -0.3 is 20.3 Å². The van der Waals surface area contributed by atoms with E-state index in [-0.39, 0.29) is 30.7 Å². The topological polar surface area (TPSA) is 92.3 Å². The number of thioether (sulfide) groups is 1. The van der Waals surface area contributed by atoms with Crippen LogP contribution < -0.4 is 15.4 Å². The minimum absolute atomic E-state index is 0. The standard InChI is InChI=1S/C24H27ClN6O2S.2ClH/c1-33-17-3-4-20-19(12-17)18(23(25)30-29-20)8-11-31-9-6-15(7-10-31)26-13-16-2-5-21-24(27-16)28-22(32)14-34-21;;/h2-5,12,15,26H,6-11,13-14H2,1H3,(H,27,28,32);2*1H. The summed E-state index contributed by atoms with van der Waals surface area (Å²) in [4.78, 5) is 19.7. The number of hydrogen-bond donors (Lipinski definition) is 2. The van der Waals surface area contributed by atoms with Crippen molar-refractivity contribution in [3.05, 3.63) is 46.7 Å². The monoisotopic (exact) mass is 570 g/mol. The highest BCUT2D eigenvalue weighted by Gasteiger charge is 2.21. The number of fused-ring (bicyclic) bond motifs is 2. The van der Waals surface area contributed by atoms with Gasteiger partial charge in [-0.25, -0.2) is 4.98 Å². The van der Waals surface area contributed by atoms with Crippen LogP contribution in [0.3, 0.4) is 0 Å². The van der Waals surface area contributed by atoms with E-state index >= 15 is 0 Å². The van der Waals surface area contributed by atoms with Gasteiger partial charge in [-0.3, -0.25) is 4.79 Å². The first-order chi connectivity index (χ1) is 16.6. The summed E-state index contributed by atoms with van der Waals surface area (Å²) in [5, 5.41) is 16.3. The molecule has 1 saturated heterocycles. The Morgan fingerprint density at radius 3 is 2.78 bits per heavy atom. The van der Waals surface area contributed by atoms with Gasteiger partial charge in [-0.15, -0.1) is 46.8 Å². The molecule has 2 N–H and O–H groups in total. The third-order valence-electron chi connectivity index (χ3n) is 6.39. The fourth-order valence-electron chi connectivity index (χ4n) is 4.46. The lowest BCUT2D eigenvalue weighted by Crippen LogP contribution is -2.43. The molecule has 1 fully saturated rings. The lowest BCUT2D eigenvalue weighted by molar-refractivity contribution is -0.113. The molecular formula is C24H29Cl3N6O2S. The molecule has 0 aliphatic carbocycles. The molecule has 5 rings (SSSR count). The van der Waals surface area contributed by atoms with Gasteiger partial charge in [-0.05, 0) is 62.7 Å². The van der Waals surface area contributed by atoms with Gasteiger partial charge in [0.1, 0.15) is 11.6 Å². The molecule has 2 aromatic heterocycles. The maximum absolute atomic E-state index is 11.6. The van der Waals surface area contributed by atoms with Crippen molar-refractivity contribution in [3.63, 3.8) is 0 Å². The van der Waals surface area contributed by atoms with Crippen LogP contribution in [0.1, 0.15) is 24.1 Å². The number of halogens is 3. The number of methoxy groups -OCH3 is 1. The van der Waals surface area contributed by atoms with Crippen molar-refractivity contribution in [3.8, 4) is 5.75 Å². The van der Waals surface area contributed by atoms with Gasteiger partial charge >= 0.3 is 0 Å². The van der Waals surface area contributed by atoms with E-state index in [1.807, 2.05) is 30.3 Å². The average Bonchev–Trinajstić information content (AvgIpc) is 2.87. The molecule has 0 saturated carbocycles. The van der Waals surface area contributed by atoms with Crippen LogP contribution in [0.25, 0.3) is 10.9 Å². The van der Waals surface area contributed by atoms with E-state index in [1.54, 1.807) is 7.11 Å². The Morgan fingerprint density at radius 2 is 2.00 bits per heavy atom. The largest absolute Gasteiger partial charge is 0.497 e. The summed E-state index contributed by atoms with van der Waals surface area (Å²) in [6, 6.07) is 10.3. The lowest BCUT2D eigenvalue weighted by atomic mass is 10.0. The Bertz CT molecular complexity index is 1210. The number of aromatic nitrogens is 3. The second-order valence-corrected chi connectivity index (χ2v) is 9.96. The van der Waals surface area contributed by atoms with E-state index in [0.717, 1.165) is 71.7 Å². The number of amides is 1. The van der Waals surface area contributed by atoms with E-state index in [2.05, 4.69) is 30.7 Å². The molecule has 0 atom stereocenters. The molecule has 2 aliphatic rings.